The zero-order valence-electron chi connectivity index (χ0n) is 11.9. The molecule has 3 nitrogen and oxygen atoms in total. The van der Waals surface area contributed by atoms with E-state index in [1.165, 1.54) is 19.3 Å². The molecule has 0 spiro atoms. The van der Waals surface area contributed by atoms with Crippen LogP contribution in [0.4, 0.5) is 0 Å². The fraction of sp³-hybridized carbons (Fsp3) is 0.929. The van der Waals surface area contributed by atoms with E-state index in [1.807, 2.05) is 0 Å². The normalized spacial score (nSPS) is 35.1. The van der Waals surface area contributed by atoms with E-state index in [-0.39, 0.29) is 29.3 Å². The van der Waals surface area contributed by atoms with Crippen LogP contribution in [0.1, 0.15) is 52.9 Å². The van der Waals surface area contributed by atoms with Crippen LogP contribution in [0.3, 0.4) is 0 Å². The molecule has 2 fully saturated rings. The molecule has 106 valence electrons. The van der Waals surface area contributed by atoms with Gasteiger partial charge in [0, 0.05) is 24.5 Å². The van der Waals surface area contributed by atoms with Crippen LogP contribution in [-0.2, 0) is 4.79 Å². The Kier molecular flexibility index (Phi) is 4.71. The highest BCUT2D eigenvalue weighted by molar-refractivity contribution is 5.85. The minimum atomic E-state index is -0.205. The Hall–Kier alpha value is -0.280. The Morgan fingerprint density at radius 2 is 1.72 bits per heavy atom. The lowest BCUT2D eigenvalue weighted by Gasteiger charge is -2.40. The predicted molar refractivity (Wildman–Crippen MR) is 76.8 cm³/mol. The van der Waals surface area contributed by atoms with Gasteiger partial charge >= 0.3 is 0 Å². The highest BCUT2D eigenvalue weighted by atomic mass is 35.5. The van der Waals surface area contributed by atoms with Gasteiger partial charge in [-0.1, -0.05) is 13.8 Å². The number of carbonyl (C=O) groups excluding carboxylic acids is 1. The third-order valence-electron chi connectivity index (χ3n) is 5.26. The Morgan fingerprint density at radius 1 is 1.17 bits per heavy atom. The van der Waals surface area contributed by atoms with Crippen LogP contribution in [0, 0.1) is 11.3 Å². The lowest BCUT2D eigenvalue weighted by atomic mass is 9.71. The molecular formula is C14H27ClN2O. The molecule has 1 aliphatic heterocycles. The summed E-state index contributed by atoms with van der Waals surface area (Å²) in [5.41, 5.74) is 6.06. The summed E-state index contributed by atoms with van der Waals surface area (Å²) in [6, 6.07) is 0. The SMILES string of the molecule is CC1(C)[C@@H](C(=O)N2CCCCC2)CC[C@@]1(C)N.Cl. The average molecular weight is 275 g/mol. The van der Waals surface area contributed by atoms with E-state index in [0.717, 1.165) is 25.9 Å². The number of nitrogens with zero attached hydrogens (tertiary/aromatic N) is 1. The maximum atomic E-state index is 12.6. The number of amides is 1. The molecule has 2 rings (SSSR count). The van der Waals surface area contributed by atoms with E-state index in [1.54, 1.807) is 0 Å². The number of halogens is 1. The van der Waals surface area contributed by atoms with Crippen molar-refractivity contribution in [1.82, 2.24) is 4.90 Å². The smallest absolute Gasteiger partial charge is 0.226 e. The lowest BCUT2D eigenvalue weighted by Crippen LogP contribution is -2.52. The maximum Gasteiger partial charge on any atom is 0.226 e. The second-order valence-electron chi connectivity index (χ2n) is 6.62. The second-order valence-corrected chi connectivity index (χ2v) is 6.62. The molecule has 1 saturated carbocycles. The van der Waals surface area contributed by atoms with Crippen LogP contribution >= 0.6 is 12.4 Å². The van der Waals surface area contributed by atoms with Crippen LogP contribution in [0.15, 0.2) is 0 Å². The number of likely N-dealkylation sites (tertiary alicyclic amines) is 1. The molecule has 0 bridgehead atoms. The number of hydrogen-bond donors (Lipinski definition) is 1. The predicted octanol–water partition coefficient (Wildman–Crippen LogP) is 2.57. The summed E-state index contributed by atoms with van der Waals surface area (Å²) in [5, 5.41) is 0. The minimum absolute atomic E-state index is 0. The number of nitrogens with two attached hydrogens (primary N) is 1. The van der Waals surface area contributed by atoms with E-state index < -0.39 is 0 Å². The largest absolute Gasteiger partial charge is 0.342 e. The van der Waals surface area contributed by atoms with Crippen molar-refractivity contribution in [2.24, 2.45) is 17.1 Å². The first kappa shape index (κ1) is 15.8. The van der Waals surface area contributed by atoms with Crippen molar-refractivity contribution in [1.29, 1.82) is 0 Å². The lowest BCUT2D eigenvalue weighted by molar-refractivity contribution is -0.140. The number of carbonyl (C=O) groups is 1. The summed E-state index contributed by atoms with van der Waals surface area (Å²) in [6.07, 6.45) is 5.52. The summed E-state index contributed by atoms with van der Waals surface area (Å²) in [7, 11) is 0. The van der Waals surface area contributed by atoms with Gasteiger partial charge in [0.25, 0.3) is 0 Å². The van der Waals surface area contributed by atoms with Gasteiger partial charge in [0.15, 0.2) is 0 Å². The van der Waals surface area contributed by atoms with Gasteiger partial charge in [0.2, 0.25) is 5.91 Å². The molecule has 18 heavy (non-hydrogen) atoms. The van der Waals surface area contributed by atoms with Gasteiger partial charge < -0.3 is 10.6 Å². The van der Waals surface area contributed by atoms with Crippen molar-refractivity contribution in [2.75, 3.05) is 13.1 Å². The van der Waals surface area contributed by atoms with Gasteiger partial charge in [-0.3, -0.25) is 4.79 Å². The Balaban J connectivity index is 0.00000162. The Bertz CT molecular complexity index is 309. The molecule has 4 heteroatoms. The quantitative estimate of drug-likeness (QED) is 0.799. The Labute approximate surface area is 117 Å². The van der Waals surface area contributed by atoms with Gasteiger partial charge in [-0.25, -0.2) is 0 Å². The third kappa shape index (κ3) is 2.53. The summed E-state index contributed by atoms with van der Waals surface area (Å²) in [6.45, 7) is 8.31. The molecule has 1 amide bonds. The van der Waals surface area contributed by atoms with Gasteiger partial charge in [0.1, 0.15) is 0 Å². The van der Waals surface area contributed by atoms with E-state index in [4.69, 9.17) is 5.73 Å². The average Bonchev–Trinajstić information content (AvgIpc) is 2.49. The van der Waals surface area contributed by atoms with Crippen LogP contribution in [0.25, 0.3) is 0 Å². The monoisotopic (exact) mass is 274 g/mol. The molecule has 1 aliphatic carbocycles. The van der Waals surface area contributed by atoms with Crippen molar-refractivity contribution >= 4 is 18.3 Å². The van der Waals surface area contributed by atoms with Crippen molar-refractivity contribution < 1.29 is 4.79 Å². The number of rotatable bonds is 1. The van der Waals surface area contributed by atoms with Gasteiger partial charge in [-0.2, -0.15) is 0 Å². The molecular weight excluding hydrogens is 248 g/mol. The van der Waals surface area contributed by atoms with Gasteiger partial charge in [-0.15, -0.1) is 12.4 Å². The molecule has 0 aromatic heterocycles. The first-order valence-corrected chi connectivity index (χ1v) is 6.94. The van der Waals surface area contributed by atoms with Crippen molar-refractivity contribution in [2.45, 2.75) is 58.4 Å². The van der Waals surface area contributed by atoms with Crippen molar-refractivity contribution in [3.05, 3.63) is 0 Å². The van der Waals surface area contributed by atoms with Crippen LogP contribution in [-0.4, -0.2) is 29.4 Å². The molecule has 2 atom stereocenters. The molecule has 1 saturated heterocycles. The number of piperidine rings is 1. The van der Waals surface area contributed by atoms with Crippen molar-refractivity contribution in [3.63, 3.8) is 0 Å². The summed E-state index contributed by atoms with van der Waals surface area (Å²) < 4.78 is 0. The zero-order valence-corrected chi connectivity index (χ0v) is 12.7. The maximum absolute atomic E-state index is 12.6. The first-order valence-electron chi connectivity index (χ1n) is 6.94. The number of hydrogen-bond acceptors (Lipinski definition) is 2. The fourth-order valence-corrected chi connectivity index (χ4v) is 3.29. The Morgan fingerprint density at radius 3 is 2.17 bits per heavy atom. The van der Waals surface area contributed by atoms with E-state index in [0.29, 0.717) is 5.91 Å². The zero-order chi connectivity index (χ0) is 12.7. The van der Waals surface area contributed by atoms with Crippen molar-refractivity contribution in [3.8, 4) is 0 Å². The molecule has 1 heterocycles. The molecule has 0 aromatic rings. The molecule has 0 aromatic carbocycles. The van der Waals surface area contributed by atoms with Gasteiger partial charge in [0.05, 0.1) is 0 Å². The van der Waals surface area contributed by atoms with E-state index in [2.05, 4.69) is 25.7 Å². The van der Waals surface area contributed by atoms with Crippen LogP contribution < -0.4 is 5.73 Å². The highest BCUT2D eigenvalue weighted by Gasteiger charge is 2.52. The molecule has 0 radical (unpaired) electrons. The fourth-order valence-electron chi connectivity index (χ4n) is 3.29. The topological polar surface area (TPSA) is 46.3 Å². The molecule has 0 unspecified atom stereocenters. The first-order chi connectivity index (χ1) is 7.86. The second kappa shape index (κ2) is 5.38. The molecule has 2 N–H and O–H groups in total. The van der Waals surface area contributed by atoms with Crippen LogP contribution in [0.2, 0.25) is 0 Å². The summed E-state index contributed by atoms with van der Waals surface area (Å²) in [5.74, 6) is 0.472. The minimum Gasteiger partial charge on any atom is -0.342 e. The standard InChI is InChI=1S/C14H26N2O.ClH/c1-13(2)11(7-8-14(13,3)15)12(17)16-9-5-4-6-10-16;/h11H,4-10,15H2,1-3H3;1H/t11-,14-;/m1./s1. The summed E-state index contributed by atoms with van der Waals surface area (Å²) in [4.78, 5) is 14.6. The van der Waals surface area contributed by atoms with Crippen LogP contribution in [0.5, 0.6) is 0 Å². The van der Waals surface area contributed by atoms with E-state index in [9.17, 15) is 4.79 Å². The van der Waals surface area contributed by atoms with Gasteiger partial charge in [-0.05, 0) is 44.4 Å². The molecule has 2 aliphatic rings. The third-order valence-corrected chi connectivity index (χ3v) is 5.26. The highest BCUT2D eigenvalue weighted by Crippen LogP contribution is 2.49. The summed E-state index contributed by atoms with van der Waals surface area (Å²) >= 11 is 0. The van der Waals surface area contributed by atoms with E-state index >= 15 is 0 Å².